The molecule has 0 aliphatic carbocycles. The van der Waals surface area contributed by atoms with Crippen molar-refractivity contribution in [2.45, 2.75) is 31.7 Å². The Hall–Kier alpha value is -4.29. The third-order valence-electron chi connectivity index (χ3n) is 6.61. The van der Waals surface area contributed by atoms with E-state index in [4.69, 9.17) is 10.7 Å². The van der Waals surface area contributed by atoms with Gasteiger partial charge >= 0.3 is 0 Å². The topological polar surface area (TPSA) is 124 Å². The number of halogens is 1. The van der Waals surface area contributed by atoms with Gasteiger partial charge in [-0.25, -0.2) is 9.37 Å². The zero-order chi connectivity index (χ0) is 26.9. The Bertz CT molecular complexity index is 1340. The van der Waals surface area contributed by atoms with E-state index in [9.17, 15) is 19.2 Å². The summed E-state index contributed by atoms with van der Waals surface area (Å²) in [4.78, 5) is 32.1. The first-order valence-corrected chi connectivity index (χ1v) is 12.8. The monoisotopic (exact) mass is 514 g/mol. The summed E-state index contributed by atoms with van der Waals surface area (Å²) in [5.41, 5.74) is 8.41. The molecular formula is C29H31FN6O2. The first kappa shape index (κ1) is 26.8. The van der Waals surface area contributed by atoms with E-state index in [1.165, 1.54) is 12.1 Å². The molecule has 1 aliphatic rings. The van der Waals surface area contributed by atoms with Crippen molar-refractivity contribution in [1.29, 1.82) is 5.26 Å². The number of nitriles is 1. The van der Waals surface area contributed by atoms with Gasteiger partial charge in [0.2, 0.25) is 5.91 Å². The van der Waals surface area contributed by atoms with Crippen LogP contribution in [-0.2, 0) is 11.2 Å². The summed E-state index contributed by atoms with van der Waals surface area (Å²) >= 11 is 0. The summed E-state index contributed by atoms with van der Waals surface area (Å²) in [5, 5.41) is 15.7. The molecule has 0 unspecified atom stereocenters. The number of nitrogens with zero attached hydrogens (tertiary/aromatic N) is 3. The summed E-state index contributed by atoms with van der Waals surface area (Å²) in [6.07, 6.45) is 2.52. The van der Waals surface area contributed by atoms with Gasteiger partial charge in [0.15, 0.2) is 0 Å². The van der Waals surface area contributed by atoms with E-state index in [0.717, 1.165) is 18.4 Å². The second-order valence-corrected chi connectivity index (χ2v) is 9.19. The first-order chi connectivity index (χ1) is 18.5. The lowest BCUT2D eigenvalue weighted by Crippen LogP contribution is -2.43. The van der Waals surface area contributed by atoms with Gasteiger partial charge in [-0.2, -0.15) is 5.26 Å². The fourth-order valence-corrected chi connectivity index (χ4v) is 4.70. The lowest BCUT2D eigenvalue weighted by molar-refractivity contribution is -0.131. The normalized spacial score (nSPS) is 14.7. The number of anilines is 1. The maximum absolute atomic E-state index is 13.6. The Morgan fingerprint density at radius 3 is 2.79 bits per heavy atom. The fraction of sp³-hybridized carbons (Fsp3) is 0.310. The molecule has 3 aromatic rings. The second-order valence-electron chi connectivity index (χ2n) is 9.19. The summed E-state index contributed by atoms with van der Waals surface area (Å²) in [7, 11) is 0. The van der Waals surface area contributed by atoms with E-state index in [1.54, 1.807) is 35.2 Å². The van der Waals surface area contributed by atoms with Crippen molar-refractivity contribution >= 4 is 17.6 Å². The van der Waals surface area contributed by atoms with E-state index < -0.39 is 0 Å². The highest BCUT2D eigenvalue weighted by atomic mass is 19.1. The molecule has 2 heterocycles. The molecule has 0 saturated carbocycles. The fourth-order valence-electron chi connectivity index (χ4n) is 4.70. The maximum atomic E-state index is 13.6. The number of aromatic nitrogens is 1. The lowest BCUT2D eigenvalue weighted by Gasteiger charge is -2.25. The molecule has 2 amide bonds. The summed E-state index contributed by atoms with van der Waals surface area (Å²) in [5.74, 6) is -0.247. The Balaban J connectivity index is 1.53. The predicted octanol–water partition coefficient (Wildman–Crippen LogP) is 3.48. The van der Waals surface area contributed by atoms with E-state index in [0.29, 0.717) is 67.2 Å². The smallest absolute Gasteiger partial charge is 0.255 e. The number of amides is 2. The average molecular weight is 515 g/mol. The number of carbonyl (C=O) groups excluding carboxylic acids is 2. The Morgan fingerprint density at radius 1 is 1.16 bits per heavy atom. The number of hydrogen-bond acceptors (Lipinski definition) is 6. The Morgan fingerprint density at radius 2 is 2.00 bits per heavy atom. The predicted molar refractivity (Wildman–Crippen MR) is 144 cm³/mol. The van der Waals surface area contributed by atoms with E-state index in [-0.39, 0.29) is 23.7 Å². The molecule has 1 aliphatic heterocycles. The molecule has 4 rings (SSSR count). The van der Waals surface area contributed by atoms with Gasteiger partial charge in [0.1, 0.15) is 11.6 Å². The number of pyridine rings is 1. The number of likely N-dealkylation sites (tertiary alicyclic amines) is 1. The number of nitrogens with one attached hydrogen (secondary N) is 2. The van der Waals surface area contributed by atoms with Crippen molar-refractivity contribution in [2.75, 3.05) is 31.5 Å². The van der Waals surface area contributed by atoms with Gasteiger partial charge in [0, 0.05) is 44.2 Å². The van der Waals surface area contributed by atoms with E-state index >= 15 is 0 Å². The van der Waals surface area contributed by atoms with Crippen LogP contribution in [0.3, 0.4) is 0 Å². The van der Waals surface area contributed by atoms with Gasteiger partial charge in [-0.1, -0.05) is 30.3 Å². The molecule has 0 radical (unpaired) electrons. The zero-order valence-electron chi connectivity index (χ0n) is 21.1. The van der Waals surface area contributed by atoms with E-state index in [2.05, 4.69) is 16.7 Å². The molecular weight excluding hydrogens is 483 g/mol. The summed E-state index contributed by atoms with van der Waals surface area (Å²) in [6.45, 7) is 1.72. The highest BCUT2D eigenvalue weighted by Gasteiger charge is 2.28. The molecule has 0 spiro atoms. The third-order valence-corrected chi connectivity index (χ3v) is 6.61. The van der Waals surface area contributed by atoms with Gasteiger partial charge in [-0.05, 0) is 55.2 Å². The number of benzene rings is 2. The molecule has 1 fully saturated rings. The molecule has 1 aromatic heterocycles. The van der Waals surface area contributed by atoms with Gasteiger partial charge in [0.25, 0.3) is 5.91 Å². The van der Waals surface area contributed by atoms with Crippen LogP contribution < -0.4 is 16.4 Å². The molecule has 38 heavy (non-hydrogen) atoms. The van der Waals surface area contributed by atoms with Crippen molar-refractivity contribution in [2.24, 2.45) is 5.73 Å². The van der Waals surface area contributed by atoms with Crippen LogP contribution in [0, 0.1) is 17.1 Å². The number of nitrogens with two attached hydrogens (primary N) is 1. The number of rotatable bonds is 10. The molecule has 1 saturated heterocycles. The Labute approximate surface area is 221 Å². The molecule has 8 nitrogen and oxygen atoms in total. The summed E-state index contributed by atoms with van der Waals surface area (Å²) in [6, 6.07) is 19.0. The van der Waals surface area contributed by atoms with Crippen LogP contribution in [0.5, 0.6) is 0 Å². The van der Waals surface area contributed by atoms with Crippen molar-refractivity contribution in [3.05, 3.63) is 83.2 Å². The number of carbonyl (C=O) groups is 2. The zero-order valence-corrected chi connectivity index (χ0v) is 21.1. The van der Waals surface area contributed by atoms with Crippen LogP contribution in [0.25, 0.3) is 11.3 Å². The standard InChI is InChI=1S/C29H31FN6O2/c30-22-7-3-5-20(17-22)13-15-33-28-25(10-11-26(35-28)24-9-2-1-6-21(24)18-32)29(38)34-19-23-8-4-16-36(23)27(37)12-14-31/h1-3,5-7,9-11,17,23H,4,8,12-16,19,31H2,(H,33,35)(H,34,38)/t23-/m1/s1. The minimum atomic E-state index is -0.316. The minimum Gasteiger partial charge on any atom is -0.369 e. The second kappa shape index (κ2) is 12.8. The molecule has 196 valence electrons. The quantitative estimate of drug-likeness (QED) is 0.381. The van der Waals surface area contributed by atoms with Gasteiger partial charge in [-0.3, -0.25) is 9.59 Å². The molecule has 4 N–H and O–H groups in total. The highest BCUT2D eigenvalue weighted by Crippen LogP contribution is 2.25. The van der Waals surface area contributed by atoms with Crippen LogP contribution >= 0.6 is 0 Å². The minimum absolute atomic E-state index is 0.00568. The third kappa shape index (κ3) is 6.52. The van der Waals surface area contributed by atoms with Crippen molar-refractivity contribution < 1.29 is 14.0 Å². The lowest BCUT2D eigenvalue weighted by atomic mass is 10.0. The largest absolute Gasteiger partial charge is 0.369 e. The van der Waals surface area contributed by atoms with Crippen LogP contribution in [0.15, 0.2) is 60.7 Å². The van der Waals surface area contributed by atoms with Crippen molar-refractivity contribution in [3.8, 4) is 17.3 Å². The van der Waals surface area contributed by atoms with Crippen LogP contribution in [0.1, 0.15) is 40.7 Å². The van der Waals surface area contributed by atoms with Gasteiger partial charge < -0.3 is 21.3 Å². The van der Waals surface area contributed by atoms with Gasteiger partial charge in [0.05, 0.1) is 22.9 Å². The number of hydrogen-bond donors (Lipinski definition) is 3. The van der Waals surface area contributed by atoms with Gasteiger partial charge in [-0.15, -0.1) is 0 Å². The van der Waals surface area contributed by atoms with Crippen molar-refractivity contribution in [3.63, 3.8) is 0 Å². The summed E-state index contributed by atoms with van der Waals surface area (Å²) < 4.78 is 13.6. The molecule has 0 bridgehead atoms. The van der Waals surface area contributed by atoms with E-state index in [1.807, 2.05) is 18.2 Å². The maximum Gasteiger partial charge on any atom is 0.255 e. The molecule has 2 aromatic carbocycles. The Kier molecular flexibility index (Phi) is 9.01. The van der Waals surface area contributed by atoms with Crippen LogP contribution in [0.4, 0.5) is 10.2 Å². The van der Waals surface area contributed by atoms with Crippen molar-refractivity contribution in [1.82, 2.24) is 15.2 Å². The van der Waals surface area contributed by atoms with Crippen LogP contribution in [0.2, 0.25) is 0 Å². The van der Waals surface area contributed by atoms with Crippen LogP contribution in [-0.4, -0.2) is 53.9 Å². The molecule has 9 heteroatoms. The highest BCUT2D eigenvalue weighted by molar-refractivity contribution is 5.99. The average Bonchev–Trinajstić information content (AvgIpc) is 3.41. The first-order valence-electron chi connectivity index (χ1n) is 12.8. The SMILES string of the molecule is N#Cc1ccccc1-c1ccc(C(=O)NC[C@H]2CCCN2C(=O)CCN)c(NCCc2cccc(F)c2)n1. The molecule has 1 atom stereocenters.